The molecule has 1 amide bonds. The van der Waals surface area contributed by atoms with Gasteiger partial charge < -0.3 is 15.8 Å². The molecule has 0 saturated carbocycles. The van der Waals surface area contributed by atoms with Crippen LogP contribution in [0.4, 0.5) is 5.82 Å². The molecule has 1 aromatic carbocycles. The molecule has 1 atom stereocenters. The Morgan fingerprint density at radius 1 is 1.38 bits per heavy atom. The van der Waals surface area contributed by atoms with Crippen molar-refractivity contribution in [1.82, 2.24) is 15.3 Å². The first kappa shape index (κ1) is 17.4. The average molecular weight is 328 g/mol. The molecule has 7 heteroatoms. The van der Waals surface area contributed by atoms with E-state index in [4.69, 9.17) is 10.5 Å². The van der Waals surface area contributed by atoms with E-state index in [2.05, 4.69) is 15.3 Å². The van der Waals surface area contributed by atoms with Crippen LogP contribution in [0.5, 0.6) is 5.75 Å². The van der Waals surface area contributed by atoms with Gasteiger partial charge in [0, 0.05) is 23.9 Å². The number of hydrogen-bond acceptors (Lipinski definition) is 6. The van der Waals surface area contributed by atoms with E-state index in [1.807, 2.05) is 0 Å². The lowest BCUT2D eigenvalue weighted by atomic mass is 10.1. The molecular weight excluding hydrogens is 308 g/mol. The Balaban J connectivity index is 1.94. The second kappa shape index (κ2) is 7.54. The molecule has 1 heterocycles. The number of nitrogens with one attached hydrogen (secondary N) is 1. The topological polar surface area (TPSA) is 107 Å². The summed E-state index contributed by atoms with van der Waals surface area (Å²) in [6.45, 7) is 5.06. The third-order valence-corrected chi connectivity index (χ3v) is 3.39. The van der Waals surface area contributed by atoms with Gasteiger partial charge in [0.1, 0.15) is 17.4 Å². The van der Waals surface area contributed by atoms with E-state index in [0.717, 1.165) is 0 Å². The third-order valence-electron chi connectivity index (χ3n) is 3.39. The molecule has 0 aliphatic heterocycles. The maximum Gasteiger partial charge on any atom is 0.261 e. The van der Waals surface area contributed by atoms with E-state index in [1.165, 1.54) is 6.92 Å². The summed E-state index contributed by atoms with van der Waals surface area (Å²) in [7, 11) is 0. The highest BCUT2D eigenvalue weighted by atomic mass is 16.5. The van der Waals surface area contributed by atoms with Crippen LogP contribution < -0.4 is 15.8 Å². The molecule has 0 saturated heterocycles. The van der Waals surface area contributed by atoms with Gasteiger partial charge in [0.05, 0.1) is 0 Å². The van der Waals surface area contributed by atoms with Crippen LogP contribution in [0.15, 0.2) is 30.5 Å². The van der Waals surface area contributed by atoms with Crippen molar-refractivity contribution in [2.45, 2.75) is 33.4 Å². The zero-order valence-corrected chi connectivity index (χ0v) is 13.9. The predicted molar refractivity (Wildman–Crippen MR) is 89.6 cm³/mol. The van der Waals surface area contributed by atoms with Crippen molar-refractivity contribution >= 4 is 17.5 Å². The molecule has 0 radical (unpaired) electrons. The minimum absolute atomic E-state index is 0.0626. The number of anilines is 1. The molecule has 0 aliphatic rings. The zero-order chi connectivity index (χ0) is 17.7. The van der Waals surface area contributed by atoms with Crippen molar-refractivity contribution in [3.8, 4) is 5.75 Å². The number of carbonyl (C=O) groups excluding carboxylic acids is 2. The lowest BCUT2D eigenvalue weighted by molar-refractivity contribution is -0.127. The lowest BCUT2D eigenvalue weighted by Crippen LogP contribution is -2.36. The zero-order valence-electron chi connectivity index (χ0n) is 13.9. The number of ketones is 1. The van der Waals surface area contributed by atoms with Crippen molar-refractivity contribution in [1.29, 1.82) is 0 Å². The lowest BCUT2D eigenvalue weighted by Gasteiger charge is -2.15. The van der Waals surface area contributed by atoms with Crippen LogP contribution in [0, 0.1) is 6.92 Å². The maximum atomic E-state index is 12.1. The highest BCUT2D eigenvalue weighted by Crippen LogP contribution is 2.15. The largest absolute Gasteiger partial charge is 0.481 e. The Morgan fingerprint density at radius 2 is 2.12 bits per heavy atom. The Bertz CT molecular complexity index is 761. The fourth-order valence-corrected chi connectivity index (χ4v) is 2.02. The Labute approximate surface area is 140 Å². The van der Waals surface area contributed by atoms with Crippen molar-refractivity contribution < 1.29 is 14.3 Å². The maximum absolute atomic E-state index is 12.1. The van der Waals surface area contributed by atoms with Crippen molar-refractivity contribution in [2.24, 2.45) is 0 Å². The van der Waals surface area contributed by atoms with Gasteiger partial charge in [-0.25, -0.2) is 9.97 Å². The van der Waals surface area contributed by atoms with E-state index in [9.17, 15) is 9.59 Å². The molecule has 3 N–H and O–H groups in total. The molecule has 0 fully saturated rings. The molecule has 1 aromatic heterocycles. The summed E-state index contributed by atoms with van der Waals surface area (Å²) in [5.41, 5.74) is 6.96. The van der Waals surface area contributed by atoms with Crippen LogP contribution in [-0.2, 0) is 11.3 Å². The fourth-order valence-electron chi connectivity index (χ4n) is 2.02. The van der Waals surface area contributed by atoms with Gasteiger partial charge in [-0.15, -0.1) is 0 Å². The van der Waals surface area contributed by atoms with E-state index in [-0.39, 0.29) is 18.2 Å². The molecule has 2 rings (SSSR count). The van der Waals surface area contributed by atoms with E-state index >= 15 is 0 Å². The smallest absolute Gasteiger partial charge is 0.261 e. The first-order chi connectivity index (χ1) is 11.4. The normalized spacial score (nSPS) is 11.6. The molecule has 0 aliphatic carbocycles. The summed E-state index contributed by atoms with van der Waals surface area (Å²) in [6, 6.07) is 6.71. The number of ether oxygens (including phenoxy) is 1. The Morgan fingerprint density at radius 3 is 2.79 bits per heavy atom. The number of aromatic nitrogens is 2. The summed E-state index contributed by atoms with van der Waals surface area (Å²) in [5.74, 6) is 1.01. The number of benzene rings is 1. The number of aryl methyl sites for hydroxylation is 1. The molecule has 24 heavy (non-hydrogen) atoms. The summed E-state index contributed by atoms with van der Waals surface area (Å²) >= 11 is 0. The molecule has 0 spiro atoms. The second-order valence-corrected chi connectivity index (χ2v) is 5.39. The number of nitrogens with zero attached hydrogens (tertiary/aromatic N) is 2. The van der Waals surface area contributed by atoms with Crippen LogP contribution in [0.1, 0.15) is 35.6 Å². The minimum Gasteiger partial charge on any atom is -0.481 e. The van der Waals surface area contributed by atoms with Gasteiger partial charge in [-0.3, -0.25) is 9.59 Å². The molecule has 2 aromatic rings. The SMILES string of the molecule is CC(=O)c1cccc(O[C@H](C)C(=O)NCc2cnc(C)nc2N)c1. The highest BCUT2D eigenvalue weighted by molar-refractivity contribution is 5.94. The Hall–Kier alpha value is -2.96. The van der Waals surface area contributed by atoms with E-state index < -0.39 is 6.10 Å². The standard InChI is InChI=1S/C17H20N4O3/c1-10(22)13-5-4-6-15(7-13)24-11(2)17(23)20-9-14-8-19-12(3)21-16(14)18/h4-8,11H,9H2,1-3H3,(H,20,23)(H2,18,19,21)/t11-/m1/s1. The van der Waals surface area contributed by atoms with Gasteiger partial charge in [0.2, 0.25) is 0 Å². The summed E-state index contributed by atoms with van der Waals surface area (Å²) in [5, 5.41) is 2.73. The highest BCUT2D eigenvalue weighted by Gasteiger charge is 2.15. The van der Waals surface area contributed by atoms with Gasteiger partial charge in [-0.05, 0) is 32.9 Å². The van der Waals surface area contributed by atoms with Crippen LogP contribution in [0.25, 0.3) is 0 Å². The van der Waals surface area contributed by atoms with Gasteiger partial charge in [0.15, 0.2) is 11.9 Å². The number of amides is 1. The van der Waals surface area contributed by atoms with Crippen molar-refractivity contribution in [3.63, 3.8) is 0 Å². The van der Waals surface area contributed by atoms with Crippen molar-refractivity contribution in [3.05, 3.63) is 47.4 Å². The summed E-state index contributed by atoms with van der Waals surface area (Å²) in [4.78, 5) is 31.6. The fraction of sp³-hybridized carbons (Fsp3) is 0.294. The number of nitrogen functional groups attached to an aromatic ring is 1. The van der Waals surface area contributed by atoms with Gasteiger partial charge >= 0.3 is 0 Å². The van der Waals surface area contributed by atoms with Crippen LogP contribution in [-0.4, -0.2) is 27.8 Å². The van der Waals surface area contributed by atoms with Crippen LogP contribution in [0.2, 0.25) is 0 Å². The second-order valence-electron chi connectivity index (χ2n) is 5.39. The molecular formula is C17H20N4O3. The van der Waals surface area contributed by atoms with Gasteiger partial charge in [-0.1, -0.05) is 12.1 Å². The summed E-state index contributed by atoms with van der Waals surface area (Å²) in [6.07, 6.45) is 0.861. The minimum atomic E-state index is -0.722. The van der Waals surface area contributed by atoms with E-state index in [0.29, 0.717) is 28.5 Å². The number of Topliss-reactive ketones (excluding diaryl/α,β-unsaturated/α-hetero) is 1. The summed E-state index contributed by atoms with van der Waals surface area (Å²) < 4.78 is 5.58. The molecule has 0 unspecified atom stereocenters. The van der Waals surface area contributed by atoms with Crippen molar-refractivity contribution in [2.75, 3.05) is 5.73 Å². The number of carbonyl (C=O) groups is 2. The molecule has 7 nitrogen and oxygen atoms in total. The molecule has 0 bridgehead atoms. The van der Waals surface area contributed by atoms with Gasteiger partial charge in [0.25, 0.3) is 5.91 Å². The van der Waals surface area contributed by atoms with Gasteiger partial charge in [-0.2, -0.15) is 0 Å². The van der Waals surface area contributed by atoms with Crippen LogP contribution >= 0.6 is 0 Å². The Kier molecular flexibility index (Phi) is 5.47. The molecule has 126 valence electrons. The first-order valence-electron chi connectivity index (χ1n) is 7.50. The quantitative estimate of drug-likeness (QED) is 0.781. The third kappa shape index (κ3) is 4.52. The monoisotopic (exact) mass is 328 g/mol. The number of rotatable bonds is 6. The van der Waals surface area contributed by atoms with Crippen LogP contribution in [0.3, 0.4) is 0 Å². The number of hydrogen-bond donors (Lipinski definition) is 2. The average Bonchev–Trinajstić information content (AvgIpc) is 2.54. The predicted octanol–water partition coefficient (Wildman–Crippen LogP) is 1.65. The van der Waals surface area contributed by atoms with E-state index in [1.54, 1.807) is 44.3 Å². The number of nitrogens with two attached hydrogens (primary N) is 1. The first-order valence-corrected chi connectivity index (χ1v) is 7.50.